The highest BCUT2D eigenvalue weighted by Crippen LogP contribution is 2.33. The molecule has 0 unspecified atom stereocenters. The Labute approximate surface area is 168 Å². The smallest absolute Gasteiger partial charge is 0.264 e. The second kappa shape index (κ2) is 6.31. The molecular formula is C25H22N3+. The number of nitrogens with zero attached hydrogens (tertiary/aromatic N) is 3. The van der Waals surface area contributed by atoms with Crippen LogP contribution in [0.5, 0.6) is 0 Å². The van der Waals surface area contributed by atoms with Crippen LogP contribution in [0.25, 0.3) is 38.9 Å². The van der Waals surface area contributed by atoms with Crippen molar-refractivity contribution in [3.05, 3.63) is 90.3 Å². The van der Waals surface area contributed by atoms with Crippen molar-refractivity contribution >= 4 is 21.8 Å². The zero-order valence-corrected chi connectivity index (χ0v) is 15.8. The number of aryl methyl sites for hydroxylation is 3. The van der Waals surface area contributed by atoms with E-state index < -0.39 is 6.85 Å². The highest BCUT2D eigenvalue weighted by molar-refractivity contribution is 5.94. The average Bonchev–Trinajstić information content (AvgIpc) is 3.05. The third-order valence-electron chi connectivity index (χ3n) is 5.41. The molecule has 5 aromatic rings. The van der Waals surface area contributed by atoms with Crippen molar-refractivity contribution in [3.8, 4) is 17.1 Å². The van der Waals surface area contributed by atoms with E-state index in [-0.39, 0.29) is 0 Å². The third kappa shape index (κ3) is 2.36. The molecule has 0 radical (unpaired) electrons. The van der Waals surface area contributed by atoms with Crippen LogP contribution in [0.3, 0.4) is 0 Å². The van der Waals surface area contributed by atoms with Gasteiger partial charge in [-0.05, 0) is 49.2 Å². The van der Waals surface area contributed by atoms with Gasteiger partial charge in [0.15, 0.2) is 11.0 Å². The Kier molecular flexibility index (Phi) is 3.08. The van der Waals surface area contributed by atoms with Gasteiger partial charge in [-0.1, -0.05) is 42.5 Å². The Morgan fingerprint density at radius 2 is 1.75 bits per heavy atom. The number of aromatic nitrogens is 3. The molecule has 28 heavy (non-hydrogen) atoms. The number of para-hydroxylation sites is 2. The summed E-state index contributed by atoms with van der Waals surface area (Å²) >= 11 is 0. The number of pyridine rings is 1. The lowest BCUT2D eigenvalue weighted by Crippen LogP contribution is -2.30. The molecule has 0 amide bonds. The lowest BCUT2D eigenvalue weighted by atomic mass is 10.0. The van der Waals surface area contributed by atoms with Crippen LogP contribution in [0.4, 0.5) is 0 Å². The third-order valence-corrected chi connectivity index (χ3v) is 5.41. The molecule has 3 heteroatoms. The number of benzene rings is 3. The molecule has 2 heterocycles. The maximum absolute atomic E-state index is 8.27. The van der Waals surface area contributed by atoms with Gasteiger partial charge in [0.1, 0.15) is 5.69 Å². The molecule has 0 fully saturated rings. The minimum Gasteiger partial charge on any atom is -0.264 e. The Bertz CT molecular complexity index is 1450. The van der Waals surface area contributed by atoms with Gasteiger partial charge < -0.3 is 0 Å². The molecule has 0 spiro atoms. The van der Waals surface area contributed by atoms with Gasteiger partial charge in [0.25, 0.3) is 5.82 Å². The number of imidazole rings is 1. The fourth-order valence-corrected chi connectivity index (χ4v) is 4.06. The van der Waals surface area contributed by atoms with Crippen LogP contribution in [0.1, 0.15) is 15.2 Å². The Morgan fingerprint density at radius 1 is 0.929 bits per heavy atom. The quantitative estimate of drug-likeness (QED) is 0.389. The molecule has 0 saturated heterocycles. The molecule has 2 aromatic heterocycles. The normalized spacial score (nSPS) is 13.4. The highest BCUT2D eigenvalue weighted by atomic mass is 15.2. The first-order valence-corrected chi connectivity index (χ1v) is 9.31. The summed E-state index contributed by atoms with van der Waals surface area (Å²) in [6.07, 6.45) is 3.50. The molecule has 0 N–H and O–H groups in total. The first kappa shape index (κ1) is 13.7. The SMILES string of the molecule is [2H]C([2H])([2H])c1ccc2cnccc2c1-n1c(-c2ccccc2C)[n+](C)c2ccccc21. The van der Waals surface area contributed by atoms with Crippen LogP contribution in [0.2, 0.25) is 0 Å². The van der Waals surface area contributed by atoms with Crippen LogP contribution < -0.4 is 4.57 Å². The highest BCUT2D eigenvalue weighted by Gasteiger charge is 2.28. The van der Waals surface area contributed by atoms with Crippen LogP contribution in [0, 0.1) is 13.8 Å². The number of fused-ring (bicyclic) bond motifs is 2. The summed E-state index contributed by atoms with van der Waals surface area (Å²) in [5.74, 6) is 0.939. The summed E-state index contributed by atoms with van der Waals surface area (Å²) in [5.41, 5.74) is 5.17. The van der Waals surface area contributed by atoms with Gasteiger partial charge in [0.2, 0.25) is 0 Å². The van der Waals surface area contributed by atoms with E-state index in [4.69, 9.17) is 4.11 Å². The second-order valence-electron chi connectivity index (χ2n) is 7.08. The molecule has 136 valence electrons. The van der Waals surface area contributed by atoms with Crippen molar-refractivity contribution in [2.75, 3.05) is 0 Å². The average molecular weight is 367 g/mol. The number of hydrogen-bond acceptors (Lipinski definition) is 1. The molecule has 3 nitrogen and oxygen atoms in total. The Hall–Kier alpha value is -3.46. The molecule has 5 rings (SSSR count). The maximum atomic E-state index is 8.27. The Morgan fingerprint density at radius 3 is 2.61 bits per heavy atom. The standard InChI is InChI=1S/C25H22N3/c1-17-8-4-5-9-20(17)25-27(3)22-10-6-7-11-23(22)28(25)24-18(2)12-13-19-16-26-15-14-21(19)24/h4-16H,1-3H3/q+1/i2D3. The first-order valence-electron chi connectivity index (χ1n) is 10.8. The van der Waals surface area contributed by atoms with Gasteiger partial charge >= 0.3 is 0 Å². The predicted molar refractivity (Wildman–Crippen MR) is 115 cm³/mol. The topological polar surface area (TPSA) is 21.7 Å². The van der Waals surface area contributed by atoms with Crippen molar-refractivity contribution in [3.63, 3.8) is 0 Å². The van der Waals surface area contributed by atoms with E-state index in [1.54, 1.807) is 18.5 Å². The van der Waals surface area contributed by atoms with Gasteiger partial charge in [0, 0.05) is 27.3 Å². The Balaban J connectivity index is 2.04. The lowest BCUT2D eigenvalue weighted by Gasteiger charge is -2.11. The number of hydrogen-bond donors (Lipinski definition) is 0. The summed E-state index contributed by atoms with van der Waals surface area (Å²) in [7, 11) is 2.03. The molecule has 0 atom stereocenters. The van der Waals surface area contributed by atoms with Crippen LogP contribution in [0.15, 0.2) is 79.1 Å². The monoisotopic (exact) mass is 367 g/mol. The van der Waals surface area contributed by atoms with Gasteiger partial charge in [-0.25, -0.2) is 4.57 Å². The predicted octanol–water partition coefficient (Wildman–Crippen LogP) is 5.29. The summed E-state index contributed by atoms with van der Waals surface area (Å²) in [6.45, 7) is -0.186. The minimum absolute atomic E-state index is 0.322. The molecular weight excluding hydrogens is 342 g/mol. The van der Waals surface area contributed by atoms with Crippen molar-refractivity contribution in [2.45, 2.75) is 13.8 Å². The summed E-state index contributed by atoms with van der Waals surface area (Å²) in [6, 6.07) is 21.7. The molecule has 0 bridgehead atoms. The van der Waals surface area contributed by atoms with E-state index in [2.05, 4.69) is 39.2 Å². The van der Waals surface area contributed by atoms with Crippen LogP contribution in [-0.4, -0.2) is 9.55 Å². The molecule has 0 aliphatic carbocycles. The molecule has 0 saturated carbocycles. The number of rotatable bonds is 2. The summed E-state index contributed by atoms with van der Waals surface area (Å²) < 4.78 is 29.0. The molecule has 0 aliphatic heterocycles. The largest absolute Gasteiger partial charge is 0.295 e. The van der Waals surface area contributed by atoms with E-state index in [1.165, 1.54) is 0 Å². The minimum atomic E-state index is -2.26. The summed E-state index contributed by atoms with van der Waals surface area (Å²) in [5, 5.41) is 1.77. The molecule has 0 aliphatic rings. The van der Waals surface area contributed by atoms with Crippen LogP contribution >= 0.6 is 0 Å². The van der Waals surface area contributed by atoms with E-state index in [9.17, 15) is 0 Å². The van der Waals surface area contributed by atoms with Gasteiger partial charge in [-0.2, -0.15) is 4.57 Å². The van der Waals surface area contributed by atoms with Crippen molar-refractivity contribution in [1.82, 2.24) is 9.55 Å². The second-order valence-corrected chi connectivity index (χ2v) is 7.08. The zero-order chi connectivity index (χ0) is 21.8. The van der Waals surface area contributed by atoms with Crippen molar-refractivity contribution < 1.29 is 8.68 Å². The van der Waals surface area contributed by atoms with Crippen LogP contribution in [-0.2, 0) is 7.05 Å². The van der Waals surface area contributed by atoms with Gasteiger partial charge in [0.05, 0.1) is 12.6 Å². The van der Waals surface area contributed by atoms with Crippen molar-refractivity contribution in [1.29, 1.82) is 0 Å². The van der Waals surface area contributed by atoms with Gasteiger partial charge in [-0.3, -0.25) is 4.98 Å². The summed E-state index contributed by atoms with van der Waals surface area (Å²) in [4.78, 5) is 4.25. The lowest BCUT2D eigenvalue weighted by molar-refractivity contribution is -0.633. The van der Waals surface area contributed by atoms with E-state index in [0.717, 1.165) is 38.8 Å². The van der Waals surface area contributed by atoms with E-state index in [0.29, 0.717) is 11.3 Å². The fourth-order valence-electron chi connectivity index (χ4n) is 4.06. The first-order chi connectivity index (χ1) is 14.9. The van der Waals surface area contributed by atoms with Crippen molar-refractivity contribution in [2.24, 2.45) is 7.05 Å². The zero-order valence-electron chi connectivity index (χ0n) is 18.8. The van der Waals surface area contributed by atoms with Gasteiger partial charge in [-0.15, -0.1) is 0 Å². The van der Waals surface area contributed by atoms with E-state index >= 15 is 0 Å². The van der Waals surface area contributed by atoms with E-state index in [1.807, 2.05) is 49.5 Å². The maximum Gasteiger partial charge on any atom is 0.295 e. The fraction of sp³-hybridized carbons (Fsp3) is 0.120. The molecule has 3 aromatic carbocycles.